The van der Waals surface area contributed by atoms with Gasteiger partial charge in [-0.25, -0.2) is 4.79 Å². The summed E-state index contributed by atoms with van der Waals surface area (Å²) in [5, 5.41) is 0. The fourth-order valence-electron chi connectivity index (χ4n) is 1.94. The first-order chi connectivity index (χ1) is 9.65. The van der Waals surface area contributed by atoms with E-state index in [2.05, 4.69) is 0 Å². The van der Waals surface area contributed by atoms with E-state index in [1.54, 1.807) is 7.11 Å². The van der Waals surface area contributed by atoms with E-state index < -0.39 is 0 Å². The van der Waals surface area contributed by atoms with Crippen LogP contribution in [0.2, 0.25) is 0 Å². The van der Waals surface area contributed by atoms with Crippen LogP contribution in [-0.2, 0) is 13.1 Å². The van der Waals surface area contributed by atoms with Crippen LogP contribution in [0.3, 0.4) is 0 Å². The van der Waals surface area contributed by atoms with Gasteiger partial charge in [-0.05, 0) is 17.7 Å². The van der Waals surface area contributed by atoms with E-state index in [9.17, 15) is 9.59 Å². The lowest BCUT2D eigenvalue weighted by Gasteiger charge is -2.09. The molecule has 0 atom stereocenters. The second kappa shape index (κ2) is 6.21. The van der Waals surface area contributed by atoms with Crippen molar-refractivity contribution in [1.82, 2.24) is 9.13 Å². The van der Waals surface area contributed by atoms with E-state index in [0.29, 0.717) is 6.54 Å². The molecule has 0 aliphatic rings. The highest BCUT2D eigenvalue weighted by atomic mass is 16.5. The van der Waals surface area contributed by atoms with Crippen LogP contribution >= 0.6 is 0 Å². The molecule has 20 heavy (non-hydrogen) atoms. The lowest BCUT2D eigenvalue weighted by atomic mass is 10.2. The predicted molar refractivity (Wildman–Crippen MR) is 76.1 cm³/mol. The Balaban J connectivity index is 2.31. The average molecular weight is 275 g/mol. The topological polar surface area (TPSA) is 79.2 Å². The average Bonchev–Trinajstić information content (AvgIpc) is 2.47. The molecule has 0 bridgehead atoms. The molecule has 2 aromatic rings. The number of nitrogens with two attached hydrogens (primary N) is 1. The maximum atomic E-state index is 12.2. The van der Waals surface area contributed by atoms with Gasteiger partial charge in [-0.15, -0.1) is 0 Å². The van der Waals surface area contributed by atoms with E-state index in [-0.39, 0.29) is 24.3 Å². The van der Waals surface area contributed by atoms with Crippen LogP contribution in [0, 0.1) is 0 Å². The summed E-state index contributed by atoms with van der Waals surface area (Å²) in [5.74, 6) is 0.759. The van der Waals surface area contributed by atoms with Gasteiger partial charge in [0.2, 0.25) is 0 Å². The monoisotopic (exact) mass is 275 g/mol. The molecule has 6 heteroatoms. The SMILES string of the molecule is COc1ccc(Cn2ccc(=O)n(CCN)c2=O)cc1. The zero-order valence-electron chi connectivity index (χ0n) is 11.3. The molecule has 2 N–H and O–H groups in total. The van der Waals surface area contributed by atoms with Crippen LogP contribution in [0.15, 0.2) is 46.1 Å². The Labute approximate surface area is 116 Å². The van der Waals surface area contributed by atoms with Crippen molar-refractivity contribution >= 4 is 0 Å². The lowest BCUT2D eigenvalue weighted by Crippen LogP contribution is -2.40. The van der Waals surface area contributed by atoms with Crippen molar-refractivity contribution in [2.45, 2.75) is 13.1 Å². The van der Waals surface area contributed by atoms with Gasteiger partial charge in [-0.2, -0.15) is 0 Å². The molecular weight excluding hydrogens is 258 g/mol. The van der Waals surface area contributed by atoms with Crippen LogP contribution < -0.4 is 21.7 Å². The molecule has 0 saturated carbocycles. The van der Waals surface area contributed by atoms with Crippen molar-refractivity contribution in [2.24, 2.45) is 5.73 Å². The number of rotatable bonds is 5. The van der Waals surface area contributed by atoms with Crippen LogP contribution in [-0.4, -0.2) is 22.8 Å². The fraction of sp³-hybridized carbons (Fsp3) is 0.286. The largest absolute Gasteiger partial charge is 0.497 e. The summed E-state index contributed by atoms with van der Waals surface area (Å²) in [6, 6.07) is 8.79. The van der Waals surface area contributed by atoms with E-state index in [0.717, 1.165) is 15.9 Å². The lowest BCUT2D eigenvalue weighted by molar-refractivity contribution is 0.414. The number of nitrogens with zero attached hydrogens (tertiary/aromatic N) is 2. The van der Waals surface area contributed by atoms with Gasteiger partial charge in [0.1, 0.15) is 5.75 Å². The molecule has 2 rings (SSSR count). The minimum Gasteiger partial charge on any atom is -0.497 e. The third kappa shape index (κ3) is 2.97. The number of ether oxygens (including phenoxy) is 1. The molecule has 0 saturated heterocycles. The molecule has 0 spiro atoms. The summed E-state index contributed by atoms with van der Waals surface area (Å²) >= 11 is 0. The number of hydrogen-bond acceptors (Lipinski definition) is 4. The summed E-state index contributed by atoms with van der Waals surface area (Å²) in [7, 11) is 1.60. The van der Waals surface area contributed by atoms with Crippen LogP contribution in [0.4, 0.5) is 0 Å². The molecule has 0 radical (unpaired) electrons. The molecule has 1 heterocycles. The van der Waals surface area contributed by atoms with Crippen molar-refractivity contribution in [2.75, 3.05) is 13.7 Å². The summed E-state index contributed by atoms with van der Waals surface area (Å²) in [6.45, 7) is 0.872. The Hall–Kier alpha value is -2.34. The highest BCUT2D eigenvalue weighted by Crippen LogP contribution is 2.11. The molecular formula is C14H17N3O3. The molecule has 6 nitrogen and oxygen atoms in total. The second-order valence-corrected chi connectivity index (χ2v) is 4.35. The van der Waals surface area contributed by atoms with Crippen LogP contribution in [0.25, 0.3) is 0 Å². The first-order valence-corrected chi connectivity index (χ1v) is 6.29. The summed E-state index contributed by atoms with van der Waals surface area (Å²) in [6.07, 6.45) is 1.50. The highest BCUT2D eigenvalue weighted by Gasteiger charge is 2.05. The molecule has 1 aromatic carbocycles. The van der Waals surface area contributed by atoms with Crippen LogP contribution in [0.5, 0.6) is 5.75 Å². The maximum Gasteiger partial charge on any atom is 0.331 e. The minimum atomic E-state index is -0.348. The number of hydrogen-bond donors (Lipinski definition) is 1. The van der Waals surface area contributed by atoms with Gasteiger partial charge >= 0.3 is 5.69 Å². The third-order valence-corrected chi connectivity index (χ3v) is 3.00. The zero-order chi connectivity index (χ0) is 14.5. The van der Waals surface area contributed by atoms with Crippen molar-refractivity contribution < 1.29 is 4.74 Å². The van der Waals surface area contributed by atoms with Gasteiger partial charge in [-0.1, -0.05) is 12.1 Å². The summed E-state index contributed by atoms with van der Waals surface area (Å²) in [4.78, 5) is 23.7. The number of aromatic nitrogens is 2. The Morgan fingerprint density at radius 3 is 2.45 bits per heavy atom. The molecule has 0 amide bonds. The van der Waals surface area contributed by atoms with Gasteiger partial charge in [0.05, 0.1) is 13.7 Å². The predicted octanol–water partition coefficient (Wildman–Crippen LogP) is 0.0256. The number of benzene rings is 1. The van der Waals surface area contributed by atoms with Gasteiger partial charge in [0.15, 0.2) is 0 Å². The minimum absolute atomic E-state index is 0.223. The first-order valence-electron chi connectivity index (χ1n) is 6.29. The van der Waals surface area contributed by atoms with E-state index in [1.165, 1.54) is 16.8 Å². The molecule has 0 unspecified atom stereocenters. The molecule has 0 aliphatic heterocycles. The molecule has 106 valence electrons. The van der Waals surface area contributed by atoms with Crippen molar-refractivity contribution in [3.8, 4) is 5.75 Å². The Morgan fingerprint density at radius 1 is 1.15 bits per heavy atom. The van der Waals surface area contributed by atoms with Crippen molar-refractivity contribution in [3.05, 3.63) is 62.9 Å². The number of methoxy groups -OCH3 is 1. The summed E-state index contributed by atoms with van der Waals surface area (Å²) in [5.41, 5.74) is 5.69. The second-order valence-electron chi connectivity index (χ2n) is 4.35. The van der Waals surface area contributed by atoms with Crippen LogP contribution in [0.1, 0.15) is 5.56 Å². The van der Waals surface area contributed by atoms with E-state index in [4.69, 9.17) is 10.5 Å². The normalized spacial score (nSPS) is 10.5. The fourth-order valence-corrected chi connectivity index (χ4v) is 1.94. The molecule has 0 fully saturated rings. The third-order valence-electron chi connectivity index (χ3n) is 3.00. The van der Waals surface area contributed by atoms with Gasteiger partial charge in [0, 0.05) is 25.4 Å². The van der Waals surface area contributed by atoms with Crippen molar-refractivity contribution in [1.29, 1.82) is 0 Å². The molecule has 1 aromatic heterocycles. The standard InChI is InChI=1S/C14H17N3O3/c1-20-12-4-2-11(3-5-12)10-16-8-6-13(18)17(9-7-15)14(16)19/h2-6,8H,7,9-10,15H2,1H3. The smallest absolute Gasteiger partial charge is 0.331 e. The van der Waals surface area contributed by atoms with Gasteiger partial charge in [0.25, 0.3) is 5.56 Å². The maximum absolute atomic E-state index is 12.2. The quantitative estimate of drug-likeness (QED) is 0.834. The van der Waals surface area contributed by atoms with Gasteiger partial charge < -0.3 is 10.5 Å². The van der Waals surface area contributed by atoms with Crippen molar-refractivity contribution in [3.63, 3.8) is 0 Å². The zero-order valence-corrected chi connectivity index (χ0v) is 11.3. The first kappa shape index (κ1) is 14.1. The highest BCUT2D eigenvalue weighted by molar-refractivity contribution is 5.27. The Kier molecular flexibility index (Phi) is 4.37. The Morgan fingerprint density at radius 2 is 1.85 bits per heavy atom. The summed E-state index contributed by atoms with van der Waals surface area (Å²) < 4.78 is 7.71. The van der Waals surface area contributed by atoms with Gasteiger partial charge in [-0.3, -0.25) is 13.9 Å². The molecule has 0 aliphatic carbocycles. The van der Waals surface area contributed by atoms with E-state index in [1.807, 2.05) is 24.3 Å². The Bertz CT molecular complexity index is 686. The van der Waals surface area contributed by atoms with E-state index >= 15 is 0 Å².